The second-order valence-electron chi connectivity index (χ2n) is 6.47. The molecular weight excluding hydrogens is 544 g/mol. The fourth-order valence-electron chi connectivity index (χ4n) is 2.87. The highest BCUT2D eigenvalue weighted by atomic mass is 79.9. The van der Waals surface area contributed by atoms with E-state index in [4.69, 9.17) is 16.3 Å². The molecule has 0 atom stereocenters. The van der Waals surface area contributed by atoms with Crippen LogP contribution >= 0.6 is 43.5 Å². The van der Waals surface area contributed by atoms with Crippen molar-refractivity contribution >= 4 is 55.3 Å². The summed E-state index contributed by atoms with van der Waals surface area (Å²) in [5.74, 6) is -1.72. The van der Waals surface area contributed by atoms with Gasteiger partial charge in [-0.1, -0.05) is 24.2 Å². The third-order valence-corrected chi connectivity index (χ3v) is 5.59. The molecule has 2 N–H and O–H groups in total. The van der Waals surface area contributed by atoms with Gasteiger partial charge in [0.25, 0.3) is 5.91 Å². The lowest BCUT2D eigenvalue weighted by atomic mass is 10.1. The molecule has 5 nitrogen and oxygen atoms in total. The van der Waals surface area contributed by atoms with E-state index in [9.17, 15) is 19.1 Å². The second-order valence-corrected chi connectivity index (χ2v) is 8.69. The van der Waals surface area contributed by atoms with Gasteiger partial charge in [0.15, 0.2) is 0 Å². The molecule has 0 unspecified atom stereocenters. The highest BCUT2D eigenvalue weighted by Crippen LogP contribution is 2.29. The van der Waals surface area contributed by atoms with E-state index in [1.54, 1.807) is 19.1 Å². The van der Waals surface area contributed by atoms with Crippen LogP contribution in [0.4, 0.5) is 4.39 Å². The number of rotatable bonds is 8. The average Bonchev–Trinajstić information content (AvgIpc) is 3.14. The van der Waals surface area contributed by atoms with Crippen LogP contribution in [-0.4, -0.2) is 17.0 Å². The molecule has 2 rings (SSSR count). The first kappa shape index (κ1) is 24.4. The maximum Gasteiger partial charge on any atom is 0.332 e. The minimum Gasteiger partial charge on any atom is -0.486 e. The normalized spacial score (nSPS) is 15.0. The van der Waals surface area contributed by atoms with E-state index in [0.29, 0.717) is 33.9 Å². The lowest BCUT2D eigenvalue weighted by Crippen LogP contribution is -2.24. The minimum atomic E-state index is -1.07. The van der Waals surface area contributed by atoms with Crippen molar-refractivity contribution in [3.8, 4) is 0 Å². The fourth-order valence-corrected chi connectivity index (χ4v) is 4.38. The summed E-state index contributed by atoms with van der Waals surface area (Å²) in [6.07, 6.45) is 3.02. The summed E-state index contributed by atoms with van der Waals surface area (Å²) in [5.41, 5.74) is 1.09. The van der Waals surface area contributed by atoms with Crippen LogP contribution in [0.3, 0.4) is 0 Å². The molecule has 0 heterocycles. The minimum absolute atomic E-state index is 0.130. The number of hydrogen-bond acceptors (Lipinski definition) is 3. The predicted molar refractivity (Wildman–Crippen MR) is 121 cm³/mol. The number of carbonyl (C=O) groups is 2. The Morgan fingerprint density at radius 2 is 2.00 bits per heavy atom. The zero-order valence-corrected chi connectivity index (χ0v) is 20.0. The van der Waals surface area contributed by atoms with Gasteiger partial charge in [-0.25, -0.2) is 9.18 Å². The third-order valence-electron chi connectivity index (χ3n) is 4.29. The van der Waals surface area contributed by atoms with Gasteiger partial charge in [-0.15, -0.1) is 0 Å². The third kappa shape index (κ3) is 6.30. The fraction of sp³-hybridized carbons (Fsp3) is 0.238. The van der Waals surface area contributed by atoms with Gasteiger partial charge in [0.2, 0.25) is 0 Å². The lowest BCUT2D eigenvalue weighted by molar-refractivity contribution is -0.133. The van der Waals surface area contributed by atoms with Crippen LogP contribution < -0.4 is 5.32 Å². The van der Waals surface area contributed by atoms with Crippen LogP contribution in [0.5, 0.6) is 0 Å². The quantitative estimate of drug-likeness (QED) is 0.296. The highest BCUT2D eigenvalue weighted by molar-refractivity contribution is 9.12. The largest absolute Gasteiger partial charge is 0.486 e. The summed E-state index contributed by atoms with van der Waals surface area (Å²) < 4.78 is 20.5. The maximum absolute atomic E-state index is 14.0. The number of hydrogen-bond donors (Lipinski definition) is 2. The number of halogens is 4. The molecule has 1 amide bonds. The van der Waals surface area contributed by atoms with Gasteiger partial charge in [0, 0.05) is 22.4 Å². The molecule has 0 saturated carbocycles. The summed E-state index contributed by atoms with van der Waals surface area (Å²) in [4.78, 5) is 23.7. The van der Waals surface area contributed by atoms with Crippen molar-refractivity contribution in [2.75, 3.05) is 0 Å². The molecule has 0 aromatic heterocycles. The van der Waals surface area contributed by atoms with E-state index in [0.717, 1.165) is 0 Å². The Bertz CT molecular complexity index is 965. The van der Waals surface area contributed by atoms with E-state index in [1.807, 2.05) is 0 Å². The molecule has 9 heteroatoms. The number of aliphatic carboxylic acids is 1. The number of amides is 1. The van der Waals surface area contributed by atoms with Crippen molar-refractivity contribution in [1.82, 2.24) is 5.32 Å². The molecule has 0 aliphatic heterocycles. The summed E-state index contributed by atoms with van der Waals surface area (Å²) in [7, 11) is 0. The molecule has 0 saturated heterocycles. The number of nitrogens with one attached hydrogen (secondary N) is 1. The van der Waals surface area contributed by atoms with Crippen LogP contribution in [0.1, 0.15) is 31.7 Å². The van der Waals surface area contributed by atoms with Crippen LogP contribution in [0.15, 0.2) is 62.4 Å². The Labute approximate surface area is 195 Å². The van der Waals surface area contributed by atoms with Crippen molar-refractivity contribution in [3.05, 3.63) is 78.8 Å². The van der Waals surface area contributed by atoms with Gasteiger partial charge in [0.05, 0.1) is 14.0 Å². The van der Waals surface area contributed by atoms with E-state index in [-0.39, 0.29) is 34.1 Å². The first-order valence-electron chi connectivity index (χ1n) is 8.87. The molecule has 1 aromatic rings. The molecule has 0 fully saturated rings. The number of allylic oxidation sites excluding steroid dienone is 4. The highest BCUT2D eigenvalue weighted by Gasteiger charge is 2.25. The van der Waals surface area contributed by atoms with Gasteiger partial charge in [0.1, 0.15) is 18.2 Å². The molecular formula is C21H19Br2ClFNO4. The Morgan fingerprint density at radius 3 is 2.60 bits per heavy atom. The molecule has 30 heavy (non-hydrogen) atoms. The van der Waals surface area contributed by atoms with Crippen molar-refractivity contribution < 1.29 is 23.8 Å². The summed E-state index contributed by atoms with van der Waals surface area (Å²) >= 11 is 12.6. The van der Waals surface area contributed by atoms with E-state index >= 15 is 0 Å². The number of carboxylic acid groups (broad SMARTS) is 1. The molecule has 0 spiro atoms. The lowest BCUT2D eigenvalue weighted by Gasteiger charge is -2.13. The summed E-state index contributed by atoms with van der Waals surface area (Å²) in [6.45, 7) is 5.30. The Morgan fingerprint density at radius 1 is 1.33 bits per heavy atom. The Balaban J connectivity index is 2.18. The number of carboxylic acids is 1. The number of carbonyl (C=O) groups excluding carboxylic acids is 1. The van der Waals surface area contributed by atoms with Gasteiger partial charge < -0.3 is 15.2 Å². The van der Waals surface area contributed by atoms with Crippen LogP contribution in [0, 0.1) is 5.82 Å². The second kappa shape index (κ2) is 10.9. The summed E-state index contributed by atoms with van der Waals surface area (Å²) in [5, 5.41) is 12.1. The van der Waals surface area contributed by atoms with Crippen molar-refractivity contribution in [2.24, 2.45) is 0 Å². The number of ether oxygens (including phenoxy) is 1. The smallest absolute Gasteiger partial charge is 0.332 e. The standard InChI is InChI=1S/C21H19Br2ClFNO4/c1-11(26-20(27)13-5-3-6-14(13)21(28)29)9-16(23)19(12(2)22)30-10-15-17(24)7-4-8-18(15)25/h4,7-9H,2-3,5-6,10H2,1H3,(H,26,27)(H,28,29)/b11-9+,19-16-. The Kier molecular flexibility index (Phi) is 8.88. The van der Waals surface area contributed by atoms with E-state index in [1.165, 1.54) is 12.1 Å². The molecule has 1 aromatic carbocycles. The molecule has 1 aliphatic carbocycles. The monoisotopic (exact) mass is 561 g/mol. The van der Waals surface area contributed by atoms with E-state index in [2.05, 4.69) is 43.8 Å². The zero-order chi connectivity index (χ0) is 22.4. The molecule has 0 radical (unpaired) electrons. The number of benzene rings is 1. The summed E-state index contributed by atoms with van der Waals surface area (Å²) in [6, 6.07) is 4.35. The van der Waals surface area contributed by atoms with Crippen LogP contribution in [-0.2, 0) is 20.9 Å². The van der Waals surface area contributed by atoms with Crippen molar-refractivity contribution in [2.45, 2.75) is 32.8 Å². The van der Waals surface area contributed by atoms with Crippen LogP contribution in [0.2, 0.25) is 5.02 Å². The zero-order valence-electron chi connectivity index (χ0n) is 16.0. The van der Waals surface area contributed by atoms with Gasteiger partial charge in [-0.05, 0) is 76.3 Å². The van der Waals surface area contributed by atoms with Gasteiger partial charge in [-0.3, -0.25) is 4.79 Å². The first-order valence-corrected chi connectivity index (χ1v) is 10.8. The average molecular weight is 564 g/mol. The molecule has 160 valence electrons. The van der Waals surface area contributed by atoms with Gasteiger partial charge >= 0.3 is 5.97 Å². The van der Waals surface area contributed by atoms with Crippen LogP contribution in [0.25, 0.3) is 0 Å². The van der Waals surface area contributed by atoms with E-state index < -0.39 is 17.7 Å². The molecule has 1 aliphatic rings. The topological polar surface area (TPSA) is 75.6 Å². The predicted octanol–water partition coefficient (Wildman–Crippen LogP) is 6.10. The SMILES string of the molecule is C=C(Br)/C(OCc1c(F)cccc1Cl)=C(Br)\C=C(/C)NC(=O)C1=C(C(=O)O)CCC1. The first-order chi connectivity index (χ1) is 14.1. The van der Waals surface area contributed by atoms with Crippen molar-refractivity contribution in [3.63, 3.8) is 0 Å². The maximum atomic E-state index is 14.0. The van der Waals surface area contributed by atoms with Crippen molar-refractivity contribution in [1.29, 1.82) is 0 Å². The Hall–Kier alpha value is -1.90. The molecule has 0 bridgehead atoms. The van der Waals surface area contributed by atoms with Gasteiger partial charge in [-0.2, -0.15) is 0 Å².